The molecule has 0 atom stereocenters. The Morgan fingerprint density at radius 2 is 1.88 bits per heavy atom. The molecule has 0 unspecified atom stereocenters. The Morgan fingerprint density at radius 3 is 2.46 bits per heavy atom. The van der Waals surface area contributed by atoms with E-state index in [1.807, 2.05) is 56.3 Å². The molecule has 1 aromatic heterocycles. The summed E-state index contributed by atoms with van der Waals surface area (Å²) in [5.74, 6) is 0.189. The molecule has 5 nitrogen and oxygen atoms in total. The maximum absolute atomic E-state index is 11.3. The summed E-state index contributed by atoms with van der Waals surface area (Å²) in [6.07, 6.45) is 5.31. The molecule has 0 saturated heterocycles. The third-order valence-electron chi connectivity index (χ3n) is 3.22. The van der Waals surface area contributed by atoms with Crippen molar-refractivity contribution in [2.24, 2.45) is 0 Å². The van der Waals surface area contributed by atoms with Gasteiger partial charge < -0.3 is 5.32 Å². The number of benzene rings is 1. The van der Waals surface area contributed by atoms with Gasteiger partial charge in [-0.1, -0.05) is 48.6 Å². The van der Waals surface area contributed by atoms with E-state index in [2.05, 4.69) is 16.9 Å². The van der Waals surface area contributed by atoms with Gasteiger partial charge in [-0.3, -0.25) is 10.1 Å². The molecule has 2 aromatic rings. The van der Waals surface area contributed by atoms with Gasteiger partial charge in [-0.05, 0) is 32.1 Å². The van der Waals surface area contributed by atoms with Crippen LogP contribution in [0.5, 0.6) is 0 Å². The normalized spacial score (nSPS) is 10.8. The molecule has 0 aliphatic heterocycles. The van der Waals surface area contributed by atoms with E-state index in [0.717, 1.165) is 11.1 Å². The Hall–Kier alpha value is -3.21. The summed E-state index contributed by atoms with van der Waals surface area (Å²) in [7, 11) is 0. The third-order valence-corrected chi connectivity index (χ3v) is 3.22. The second-order valence-corrected chi connectivity index (χ2v) is 5.38. The summed E-state index contributed by atoms with van der Waals surface area (Å²) in [6, 6.07) is 12.6. The van der Waals surface area contributed by atoms with Gasteiger partial charge in [0.05, 0.1) is 10.6 Å². The van der Waals surface area contributed by atoms with Gasteiger partial charge in [0.1, 0.15) is 0 Å². The Labute approximate surface area is 141 Å². The maximum atomic E-state index is 11.3. The lowest BCUT2D eigenvalue weighted by molar-refractivity contribution is -0.384. The molecule has 1 heterocycles. The van der Waals surface area contributed by atoms with E-state index in [0.29, 0.717) is 11.4 Å². The summed E-state index contributed by atoms with van der Waals surface area (Å²) in [6.45, 7) is 7.66. The molecule has 2 rings (SSSR count). The van der Waals surface area contributed by atoms with E-state index in [9.17, 15) is 10.1 Å². The predicted molar refractivity (Wildman–Crippen MR) is 97.7 cm³/mol. The molecule has 0 fully saturated rings. The largest absolute Gasteiger partial charge is 0.334 e. The van der Waals surface area contributed by atoms with Crippen LogP contribution in [0.2, 0.25) is 0 Å². The second kappa shape index (κ2) is 7.87. The van der Waals surface area contributed by atoms with Gasteiger partial charge in [0.2, 0.25) is 5.82 Å². The molecule has 1 N–H and O–H groups in total. The molecule has 0 radical (unpaired) electrons. The zero-order chi connectivity index (χ0) is 17.5. The molecule has 0 aliphatic carbocycles. The zero-order valence-electron chi connectivity index (χ0n) is 13.7. The van der Waals surface area contributed by atoms with Crippen molar-refractivity contribution in [3.63, 3.8) is 0 Å². The van der Waals surface area contributed by atoms with Gasteiger partial charge in [-0.25, -0.2) is 4.98 Å². The highest BCUT2D eigenvalue weighted by atomic mass is 16.6. The molecule has 1 aromatic carbocycles. The van der Waals surface area contributed by atoms with Crippen molar-refractivity contribution >= 4 is 11.5 Å². The highest BCUT2D eigenvalue weighted by Crippen LogP contribution is 2.27. The highest BCUT2D eigenvalue weighted by Gasteiger charge is 2.17. The van der Waals surface area contributed by atoms with Gasteiger partial charge in [-0.2, -0.15) is 0 Å². The Morgan fingerprint density at radius 1 is 1.17 bits per heavy atom. The van der Waals surface area contributed by atoms with Crippen LogP contribution in [-0.4, -0.2) is 9.91 Å². The molecular formula is C19H19N3O2. The number of rotatable bonds is 6. The summed E-state index contributed by atoms with van der Waals surface area (Å²) >= 11 is 0. The fourth-order valence-electron chi connectivity index (χ4n) is 2.01. The number of hydrogen-bond donors (Lipinski definition) is 1. The van der Waals surface area contributed by atoms with Crippen LogP contribution in [0.15, 0.2) is 78.5 Å². The third kappa shape index (κ3) is 4.39. The summed E-state index contributed by atoms with van der Waals surface area (Å²) < 4.78 is 0. The van der Waals surface area contributed by atoms with Crippen molar-refractivity contribution < 1.29 is 4.92 Å². The average molecular weight is 321 g/mol. The summed E-state index contributed by atoms with van der Waals surface area (Å²) in [5, 5.41) is 14.3. The fraction of sp³-hybridized carbons (Fsp3) is 0.105. The van der Waals surface area contributed by atoms with Crippen LogP contribution in [-0.2, 0) is 0 Å². The number of nitro groups is 1. The van der Waals surface area contributed by atoms with Crippen LogP contribution in [0.1, 0.15) is 13.8 Å². The first-order valence-corrected chi connectivity index (χ1v) is 7.46. The fourth-order valence-corrected chi connectivity index (χ4v) is 2.01. The van der Waals surface area contributed by atoms with E-state index in [4.69, 9.17) is 0 Å². The lowest BCUT2D eigenvalue weighted by Gasteiger charge is -2.09. The van der Waals surface area contributed by atoms with Gasteiger partial charge in [0, 0.05) is 17.3 Å². The molecule has 5 heteroatoms. The van der Waals surface area contributed by atoms with Crippen molar-refractivity contribution in [1.82, 2.24) is 4.98 Å². The standard InChI is InChI=1S/C19H19N3O2/c1-4-16(11-10-14(2)3)20-19-18(22(23)24)13-12-17(21-19)15-8-6-5-7-9-15/h4-13H,1H2,2-3H3,(H,20,21)/b16-11+. The van der Waals surface area contributed by atoms with Crippen LogP contribution >= 0.6 is 0 Å². The van der Waals surface area contributed by atoms with Gasteiger partial charge in [-0.15, -0.1) is 0 Å². The molecule has 0 bridgehead atoms. The summed E-state index contributed by atoms with van der Waals surface area (Å²) in [4.78, 5) is 15.2. The van der Waals surface area contributed by atoms with E-state index < -0.39 is 4.92 Å². The summed E-state index contributed by atoms with van der Waals surface area (Å²) in [5.41, 5.74) is 3.21. The van der Waals surface area contributed by atoms with Crippen LogP contribution in [0.3, 0.4) is 0 Å². The van der Waals surface area contributed by atoms with Crippen molar-refractivity contribution in [2.75, 3.05) is 5.32 Å². The van der Waals surface area contributed by atoms with E-state index >= 15 is 0 Å². The monoisotopic (exact) mass is 321 g/mol. The lowest BCUT2D eigenvalue weighted by atomic mass is 10.1. The van der Waals surface area contributed by atoms with Crippen LogP contribution < -0.4 is 5.32 Å². The number of aromatic nitrogens is 1. The number of anilines is 1. The molecule has 0 aliphatic rings. The van der Waals surface area contributed by atoms with Crippen molar-refractivity contribution in [3.8, 4) is 11.3 Å². The topological polar surface area (TPSA) is 68.1 Å². The number of nitrogens with one attached hydrogen (secondary N) is 1. The molecular weight excluding hydrogens is 302 g/mol. The Kier molecular flexibility index (Phi) is 5.63. The lowest BCUT2D eigenvalue weighted by Crippen LogP contribution is -2.04. The first-order valence-electron chi connectivity index (χ1n) is 7.46. The number of allylic oxidation sites excluding steroid dienone is 4. The minimum atomic E-state index is -0.453. The number of pyridine rings is 1. The first-order chi connectivity index (χ1) is 11.5. The Balaban J connectivity index is 2.46. The smallest absolute Gasteiger partial charge is 0.311 e. The molecule has 122 valence electrons. The minimum absolute atomic E-state index is 0.0837. The van der Waals surface area contributed by atoms with Crippen molar-refractivity contribution in [1.29, 1.82) is 0 Å². The van der Waals surface area contributed by atoms with E-state index in [1.165, 1.54) is 6.07 Å². The molecule has 24 heavy (non-hydrogen) atoms. The number of hydrogen-bond acceptors (Lipinski definition) is 4. The Bertz CT molecular complexity index is 805. The SMILES string of the molecule is C=C/C(=C\C=C(C)C)Nc1nc(-c2ccccc2)ccc1[N+](=O)[O-]. The highest BCUT2D eigenvalue weighted by molar-refractivity contribution is 5.68. The van der Waals surface area contributed by atoms with Gasteiger partial charge in [0.25, 0.3) is 0 Å². The van der Waals surface area contributed by atoms with Crippen LogP contribution in [0.4, 0.5) is 11.5 Å². The van der Waals surface area contributed by atoms with Crippen LogP contribution in [0, 0.1) is 10.1 Å². The van der Waals surface area contributed by atoms with Crippen molar-refractivity contribution in [2.45, 2.75) is 13.8 Å². The average Bonchev–Trinajstić information content (AvgIpc) is 2.58. The van der Waals surface area contributed by atoms with Gasteiger partial charge in [0.15, 0.2) is 0 Å². The van der Waals surface area contributed by atoms with Gasteiger partial charge >= 0.3 is 5.69 Å². The quantitative estimate of drug-likeness (QED) is 0.456. The molecule has 0 saturated carbocycles. The number of nitrogens with zero attached hydrogens (tertiary/aromatic N) is 2. The zero-order valence-corrected chi connectivity index (χ0v) is 13.7. The van der Waals surface area contributed by atoms with E-state index in [-0.39, 0.29) is 11.5 Å². The minimum Gasteiger partial charge on any atom is -0.334 e. The maximum Gasteiger partial charge on any atom is 0.311 e. The first kappa shape index (κ1) is 17.1. The molecule has 0 amide bonds. The second-order valence-electron chi connectivity index (χ2n) is 5.38. The predicted octanol–water partition coefficient (Wildman–Crippen LogP) is 5.10. The molecule has 0 spiro atoms. The van der Waals surface area contributed by atoms with Crippen LogP contribution in [0.25, 0.3) is 11.3 Å². The van der Waals surface area contributed by atoms with E-state index in [1.54, 1.807) is 12.1 Å². The van der Waals surface area contributed by atoms with Crippen molar-refractivity contribution in [3.05, 3.63) is 88.7 Å².